The minimum absolute atomic E-state index is 0.0994. The molecule has 6 rings (SSSR count). The topological polar surface area (TPSA) is 233 Å². The van der Waals surface area contributed by atoms with Gasteiger partial charge in [-0.3, -0.25) is 14.6 Å². The summed E-state index contributed by atoms with van der Waals surface area (Å²) in [4.78, 5) is 53.7. The van der Waals surface area contributed by atoms with Gasteiger partial charge in [-0.2, -0.15) is 0 Å². The number of carbonyl (C=O) groups is 4. The number of nitrogen functional groups attached to an aromatic ring is 1. The van der Waals surface area contributed by atoms with Crippen LogP contribution in [-0.4, -0.2) is 106 Å². The third kappa shape index (κ3) is 21.0. The summed E-state index contributed by atoms with van der Waals surface area (Å²) in [6.45, 7) is 22.0. The summed E-state index contributed by atoms with van der Waals surface area (Å²) in [7, 11) is -5.80. The zero-order chi connectivity index (χ0) is 56.2. The fraction of sp³-hybridized carbons (Fsp3) is 0.481. The normalized spacial score (nSPS) is 15.6. The first-order valence-corrected chi connectivity index (χ1v) is 30.9. The van der Waals surface area contributed by atoms with Gasteiger partial charge in [0.05, 0.1) is 30.0 Å². The van der Waals surface area contributed by atoms with Gasteiger partial charge in [-0.15, -0.1) is 17.4 Å². The van der Waals surface area contributed by atoms with Crippen molar-refractivity contribution < 1.29 is 50.2 Å². The molecule has 2 aliphatic heterocycles. The molecule has 0 aliphatic carbocycles. The first-order valence-electron chi connectivity index (χ1n) is 24.5. The first-order chi connectivity index (χ1) is 33.9. The fourth-order valence-electron chi connectivity index (χ4n) is 7.17. The predicted molar refractivity (Wildman–Crippen MR) is 293 cm³/mol. The number of benzene rings is 4. The van der Waals surface area contributed by atoms with Crippen LogP contribution in [0.1, 0.15) is 105 Å². The highest BCUT2D eigenvalue weighted by molar-refractivity contribution is 7.89. The molecule has 0 spiro atoms. The van der Waals surface area contributed by atoms with Crippen LogP contribution in [0.25, 0.3) is 0 Å². The Kier molecular flexibility index (Phi) is 21.9. The standard InChI is InChI=1S/C25H33N3O5S.C16H21NO4.C10H16N2O2S.3CH3.Al/c1-24(2,3)27-34(31,32)20-13-11-19(12-14-20)26-22(29)21-15-17-9-7-8-10-18(17)16-28(21)23(30)33-25(4,5)6;1-16(2,3)21-15(19)17-10-12-8-6-5-7-11(12)9-13(17)14(18)20-4;1-10(2,3)12-15(13,14)9-6-4-8(11)5-7-9;;;;/h7-14,21,27H,15-16H2,1-6H3,(H,26,29);5-8,13H,9-10H2,1-4H3;4-7,12H,11H2,1-3H3;3*1H3;. The number of nitrogens with zero attached hydrogens (tertiary/aromatic N) is 2. The van der Waals surface area contributed by atoms with Crippen molar-refractivity contribution in [1.82, 2.24) is 19.2 Å². The molecule has 0 bridgehead atoms. The zero-order valence-corrected chi connectivity index (χ0v) is 48.9. The van der Waals surface area contributed by atoms with Crippen LogP contribution in [0.15, 0.2) is 107 Å². The van der Waals surface area contributed by atoms with Crippen molar-refractivity contribution in [3.05, 3.63) is 119 Å². The number of rotatable bonds is 7. The summed E-state index contributed by atoms with van der Waals surface area (Å²) >= 11 is -0.139. The third-order valence-corrected chi connectivity index (χ3v) is 13.6. The van der Waals surface area contributed by atoms with Crippen LogP contribution in [0.4, 0.5) is 21.0 Å². The van der Waals surface area contributed by atoms with Crippen LogP contribution in [0.2, 0.25) is 17.4 Å². The molecule has 0 aromatic heterocycles. The molecule has 0 saturated heterocycles. The van der Waals surface area contributed by atoms with E-state index in [4.69, 9.17) is 19.9 Å². The molecule has 0 fully saturated rings. The summed E-state index contributed by atoms with van der Waals surface area (Å²) < 4.78 is 69.6. The van der Waals surface area contributed by atoms with Crippen molar-refractivity contribution in [3.8, 4) is 0 Å². The monoisotopic (exact) mass is 1080 g/mol. The molecular weight excluding hydrogens is 1000 g/mol. The average molecular weight is 1080 g/mol. The molecule has 406 valence electrons. The lowest BCUT2D eigenvalue weighted by Crippen LogP contribution is -2.52. The van der Waals surface area contributed by atoms with E-state index in [-0.39, 0.29) is 36.4 Å². The Balaban J connectivity index is 0.000000306. The van der Waals surface area contributed by atoms with Crippen LogP contribution < -0.4 is 20.5 Å². The fourth-order valence-corrected chi connectivity index (χ4v) is 10.0. The van der Waals surface area contributed by atoms with E-state index < -0.39 is 72.6 Å². The summed E-state index contributed by atoms with van der Waals surface area (Å²) in [6, 6.07) is 26.1. The lowest BCUT2D eigenvalue weighted by molar-refractivity contribution is -0.147. The molecule has 3 amide bonds. The second-order valence-corrected chi connectivity index (χ2v) is 29.6. The highest BCUT2D eigenvalue weighted by Crippen LogP contribution is 2.28. The maximum Gasteiger partial charge on any atom is 0.411 e. The predicted octanol–water partition coefficient (Wildman–Crippen LogP) is 9.30. The Morgan fingerprint density at radius 2 is 0.892 bits per heavy atom. The van der Waals surface area contributed by atoms with Crippen molar-refractivity contribution in [2.45, 2.75) is 171 Å². The van der Waals surface area contributed by atoms with Gasteiger partial charge in [0, 0.05) is 35.3 Å². The molecule has 4 aromatic rings. The molecule has 20 heteroatoms. The third-order valence-electron chi connectivity index (χ3n) is 10.0. The van der Waals surface area contributed by atoms with E-state index in [1.807, 2.05) is 48.5 Å². The van der Waals surface area contributed by atoms with Gasteiger partial charge in [-0.25, -0.2) is 40.7 Å². The number of methoxy groups -OCH3 is 1. The molecule has 2 atom stereocenters. The molecule has 17 nitrogen and oxygen atoms in total. The number of anilines is 2. The van der Waals surface area contributed by atoms with Gasteiger partial charge >= 0.3 is 18.2 Å². The smallest absolute Gasteiger partial charge is 0.411 e. The highest BCUT2D eigenvalue weighted by atomic mass is 32.2. The molecule has 74 heavy (non-hydrogen) atoms. The van der Waals surface area contributed by atoms with E-state index in [0.717, 1.165) is 22.3 Å². The van der Waals surface area contributed by atoms with Gasteiger partial charge in [-0.1, -0.05) is 48.5 Å². The number of hydrogen-bond donors (Lipinski definition) is 4. The quantitative estimate of drug-likeness (QED) is 0.0587. The van der Waals surface area contributed by atoms with Gasteiger partial charge in [-0.05, 0) is 154 Å². The molecule has 0 radical (unpaired) electrons. The average Bonchev–Trinajstić information content (AvgIpc) is 3.25. The summed E-state index contributed by atoms with van der Waals surface area (Å²) in [5.41, 5.74) is 8.12. The van der Waals surface area contributed by atoms with E-state index in [0.29, 0.717) is 30.8 Å². The zero-order valence-electron chi connectivity index (χ0n) is 46.1. The van der Waals surface area contributed by atoms with E-state index in [1.54, 1.807) is 95.2 Å². The number of esters is 1. The molecule has 0 saturated carbocycles. The summed E-state index contributed by atoms with van der Waals surface area (Å²) in [5.74, 6) is 6.12. The van der Waals surface area contributed by atoms with Crippen molar-refractivity contribution in [2.75, 3.05) is 18.2 Å². The van der Waals surface area contributed by atoms with Gasteiger partial charge in [0.25, 0.3) is 14.1 Å². The Labute approximate surface area is 444 Å². The molecule has 2 heterocycles. The van der Waals surface area contributed by atoms with E-state index in [2.05, 4.69) is 32.1 Å². The van der Waals surface area contributed by atoms with Crippen molar-refractivity contribution in [3.63, 3.8) is 0 Å². The SMILES string of the molecule is CC(C)(C)NS(=O)(=O)c1ccc(N)cc1.CC(C)(C)NS(=O)(=O)c1ccc(NC(=O)C2Cc3ccccc3CN2C(=O)OC(C)(C)C)cc1.COC(=O)C1Cc2ccccc2CN1C(=O)OC(C)(C)C.[CH3][Al]([CH3])[CH3]. The number of nitrogens with one attached hydrogen (secondary N) is 3. The van der Waals surface area contributed by atoms with Crippen molar-refractivity contribution in [2.24, 2.45) is 0 Å². The largest absolute Gasteiger partial charge is 0.467 e. The Morgan fingerprint density at radius 3 is 1.24 bits per heavy atom. The van der Waals surface area contributed by atoms with Crippen LogP contribution >= 0.6 is 0 Å². The molecule has 2 unspecified atom stereocenters. The molecule has 2 aliphatic rings. The number of hydrogen-bond acceptors (Lipinski definition) is 12. The first kappa shape index (κ1) is 62.8. The van der Waals surface area contributed by atoms with E-state index >= 15 is 0 Å². The van der Waals surface area contributed by atoms with Gasteiger partial charge in [0.2, 0.25) is 26.0 Å². The van der Waals surface area contributed by atoms with Crippen LogP contribution in [-0.2, 0) is 69.8 Å². The number of ether oxygens (including phenoxy) is 3. The lowest BCUT2D eigenvalue weighted by atomic mass is 9.93. The van der Waals surface area contributed by atoms with Crippen molar-refractivity contribution >= 4 is 69.6 Å². The number of nitrogens with two attached hydrogens (primary N) is 1. The lowest BCUT2D eigenvalue weighted by Gasteiger charge is -2.36. The van der Waals surface area contributed by atoms with Crippen molar-refractivity contribution in [1.29, 1.82) is 0 Å². The maximum absolute atomic E-state index is 13.2. The number of amides is 3. The number of fused-ring (bicyclic) bond motifs is 2. The minimum Gasteiger partial charge on any atom is -0.467 e. The summed E-state index contributed by atoms with van der Waals surface area (Å²) in [6.07, 6.45) is -0.255. The van der Waals surface area contributed by atoms with E-state index in [1.165, 1.54) is 53.3 Å². The highest BCUT2D eigenvalue weighted by Gasteiger charge is 2.39. The Morgan fingerprint density at radius 1 is 0.554 bits per heavy atom. The van der Waals surface area contributed by atoms with Crippen LogP contribution in [0.5, 0.6) is 0 Å². The van der Waals surface area contributed by atoms with Crippen LogP contribution in [0.3, 0.4) is 0 Å². The molecule has 4 aromatic carbocycles. The van der Waals surface area contributed by atoms with E-state index in [9.17, 15) is 36.0 Å². The number of sulfonamides is 2. The Bertz CT molecular complexity index is 2760. The van der Waals surface area contributed by atoms with Gasteiger partial charge < -0.3 is 25.3 Å². The maximum atomic E-state index is 13.2. The second-order valence-electron chi connectivity index (χ2n) is 22.7. The number of carbonyl (C=O) groups excluding carboxylic acids is 4. The van der Waals surface area contributed by atoms with Gasteiger partial charge in [0.15, 0.2) is 0 Å². The summed E-state index contributed by atoms with van der Waals surface area (Å²) in [5, 5.41) is 2.81. The Hall–Kier alpha value is -5.49. The minimum atomic E-state index is -3.69. The molecular formula is C54H79AlN6O11S2. The van der Waals surface area contributed by atoms with Gasteiger partial charge in [0.1, 0.15) is 23.3 Å². The second kappa shape index (κ2) is 25.8. The van der Waals surface area contributed by atoms with Crippen LogP contribution in [0, 0.1) is 0 Å². The molecule has 5 N–H and O–H groups in total.